The molecule has 1 amide bonds. The van der Waals surface area contributed by atoms with Crippen LogP contribution in [-0.4, -0.2) is 31.2 Å². The zero-order valence-corrected chi connectivity index (χ0v) is 11.6. The summed E-state index contributed by atoms with van der Waals surface area (Å²) < 4.78 is 26.2. The molecular formula is C13H15N3O3S. The first-order valence-electron chi connectivity index (χ1n) is 6.28. The van der Waals surface area contributed by atoms with Crippen molar-refractivity contribution in [2.45, 2.75) is 30.2 Å². The summed E-state index contributed by atoms with van der Waals surface area (Å²) in [5.74, 6) is -0.623. The molecule has 1 saturated heterocycles. The van der Waals surface area contributed by atoms with Gasteiger partial charge < -0.3 is 5.73 Å². The van der Waals surface area contributed by atoms with Gasteiger partial charge in [-0.3, -0.25) is 4.79 Å². The van der Waals surface area contributed by atoms with Crippen LogP contribution in [0.25, 0.3) is 0 Å². The minimum atomic E-state index is -3.76. The van der Waals surface area contributed by atoms with Gasteiger partial charge in [0.25, 0.3) is 0 Å². The number of nitriles is 1. The molecule has 1 atom stereocenters. The second-order valence-corrected chi connectivity index (χ2v) is 6.56. The molecular weight excluding hydrogens is 278 g/mol. The standard InChI is InChI=1S/C13H15N3O3S/c14-9-10-4-6-11(7-5-10)20(18,19)16-8-2-1-3-12(16)13(15)17/h4-7,12H,1-3,8H2,(H2,15,17)/t12-/m0/s1. The number of amides is 1. The van der Waals surface area contributed by atoms with Gasteiger partial charge in [0, 0.05) is 6.54 Å². The minimum absolute atomic E-state index is 0.0737. The van der Waals surface area contributed by atoms with Gasteiger partial charge in [-0.1, -0.05) is 6.42 Å². The average Bonchev–Trinajstić information content (AvgIpc) is 2.47. The monoisotopic (exact) mass is 293 g/mol. The molecule has 1 aliphatic rings. The summed E-state index contributed by atoms with van der Waals surface area (Å²) >= 11 is 0. The highest BCUT2D eigenvalue weighted by atomic mass is 32.2. The summed E-state index contributed by atoms with van der Waals surface area (Å²) in [6, 6.07) is 6.77. The Labute approximate surface area is 117 Å². The lowest BCUT2D eigenvalue weighted by Crippen LogP contribution is -2.50. The molecule has 0 saturated carbocycles. The van der Waals surface area contributed by atoms with Crippen LogP contribution in [0.3, 0.4) is 0 Å². The van der Waals surface area contributed by atoms with E-state index in [4.69, 9.17) is 11.0 Å². The number of nitrogens with two attached hydrogens (primary N) is 1. The highest BCUT2D eigenvalue weighted by Crippen LogP contribution is 2.25. The van der Waals surface area contributed by atoms with E-state index in [1.54, 1.807) is 0 Å². The zero-order valence-electron chi connectivity index (χ0n) is 10.8. The van der Waals surface area contributed by atoms with E-state index in [0.717, 1.165) is 6.42 Å². The van der Waals surface area contributed by atoms with E-state index in [1.807, 2.05) is 6.07 Å². The van der Waals surface area contributed by atoms with Crippen molar-refractivity contribution >= 4 is 15.9 Å². The predicted octanol–water partition coefficient (Wildman–Crippen LogP) is 0.587. The molecule has 0 unspecified atom stereocenters. The Bertz CT molecular complexity index is 646. The van der Waals surface area contributed by atoms with Crippen molar-refractivity contribution < 1.29 is 13.2 Å². The van der Waals surface area contributed by atoms with Gasteiger partial charge in [0.15, 0.2) is 0 Å². The Morgan fingerprint density at radius 2 is 1.95 bits per heavy atom. The predicted molar refractivity (Wildman–Crippen MR) is 71.9 cm³/mol. The maximum absolute atomic E-state index is 12.5. The summed E-state index contributed by atoms with van der Waals surface area (Å²) in [7, 11) is -3.76. The van der Waals surface area contributed by atoms with Crippen molar-refractivity contribution in [3.8, 4) is 6.07 Å². The lowest BCUT2D eigenvalue weighted by molar-refractivity contribution is -0.122. The topological polar surface area (TPSA) is 104 Å². The number of sulfonamides is 1. The first-order chi connectivity index (χ1) is 9.46. The molecule has 20 heavy (non-hydrogen) atoms. The largest absolute Gasteiger partial charge is 0.368 e. The van der Waals surface area contributed by atoms with Gasteiger partial charge in [-0.15, -0.1) is 0 Å². The van der Waals surface area contributed by atoms with Gasteiger partial charge in [0.1, 0.15) is 6.04 Å². The Hall–Kier alpha value is -1.91. The lowest BCUT2D eigenvalue weighted by Gasteiger charge is -2.32. The third-order valence-corrected chi connectivity index (χ3v) is 5.29. The maximum atomic E-state index is 12.5. The first kappa shape index (κ1) is 14.5. The van der Waals surface area contributed by atoms with Crippen LogP contribution in [0.1, 0.15) is 24.8 Å². The Kier molecular flexibility index (Phi) is 4.06. The van der Waals surface area contributed by atoms with Gasteiger partial charge in [0.2, 0.25) is 15.9 Å². The third kappa shape index (κ3) is 2.66. The Morgan fingerprint density at radius 3 is 2.50 bits per heavy atom. The van der Waals surface area contributed by atoms with Gasteiger partial charge in [-0.25, -0.2) is 8.42 Å². The molecule has 1 fully saturated rings. The Morgan fingerprint density at radius 1 is 1.30 bits per heavy atom. The zero-order chi connectivity index (χ0) is 14.8. The lowest BCUT2D eigenvalue weighted by atomic mass is 10.0. The van der Waals surface area contributed by atoms with Gasteiger partial charge in [-0.05, 0) is 37.1 Å². The SMILES string of the molecule is N#Cc1ccc(S(=O)(=O)N2CCCC[C@H]2C(N)=O)cc1. The third-order valence-electron chi connectivity index (χ3n) is 3.37. The fraction of sp³-hybridized carbons (Fsp3) is 0.385. The molecule has 2 rings (SSSR count). The molecule has 0 radical (unpaired) electrons. The van der Waals surface area contributed by atoms with E-state index in [0.29, 0.717) is 18.4 Å². The second kappa shape index (κ2) is 5.61. The van der Waals surface area contributed by atoms with E-state index in [1.165, 1.54) is 28.6 Å². The fourth-order valence-electron chi connectivity index (χ4n) is 2.31. The van der Waals surface area contributed by atoms with Crippen molar-refractivity contribution in [3.63, 3.8) is 0 Å². The maximum Gasteiger partial charge on any atom is 0.243 e. The van der Waals surface area contributed by atoms with Crippen molar-refractivity contribution in [1.29, 1.82) is 5.26 Å². The van der Waals surface area contributed by atoms with E-state index < -0.39 is 22.0 Å². The molecule has 2 N–H and O–H groups in total. The van der Waals surface area contributed by atoms with Crippen molar-refractivity contribution in [2.75, 3.05) is 6.54 Å². The summed E-state index contributed by atoms with van der Waals surface area (Å²) in [4.78, 5) is 11.5. The number of rotatable bonds is 3. The second-order valence-electron chi connectivity index (χ2n) is 4.67. The molecule has 1 aromatic rings. The van der Waals surface area contributed by atoms with E-state index in [9.17, 15) is 13.2 Å². The van der Waals surface area contributed by atoms with E-state index >= 15 is 0 Å². The first-order valence-corrected chi connectivity index (χ1v) is 7.72. The molecule has 6 nitrogen and oxygen atoms in total. The minimum Gasteiger partial charge on any atom is -0.368 e. The van der Waals surface area contributed by atoms with Crippen molar-refractivity contribution in [3.05, 3.63) is 29.8 Å². The number of nitrogens with zero attached hydrogens (tertiary/aromatic N) is 2. The fourth-order valence-corrected chi connectivity index (χ4v) is 3.98. The number of benzene rings is 1. The van der Waals surface area contributed by atoms with E-state index in [-0.39, 0.29) is 11.4 Å². The molecule has 0 aromatic heterocycles. The van der Waals surface area contributed by atoms with Crippen LogP contribution in [0, 0.1) is 11.3 Å². The molecule has 0 bridgehead atoms. The van der Waals surface area contributed by atoms with Crippen molar-refractivity contribution in [1.82, 2.24) is 4.31 Å². The van der Waals surface area contributed by atoms with Crippen LogP contribution in [0.5, 0.6) is 0 Å². The highest BCUT2D eigenvalue weighted by Gasteiger charge is 2.36. The highest BCUT2D eigenvalue weighted by molar-refractivity contribution is 7.89. The summed E-state index contributed by atoms with van der Waals surface area (Å²) in [6.07, 6.45) is 1.94. The van der Waals surface area contributed by atoms with Crippen LogP contribution in [0.2, 0.25) is 0 Å². The number of primary amides is 1. The summed E-state index contributed by atoms with van der Waals surface area (Å²) in [5, 5.41) is 8.72. The number of carbonyl (C=O) groups is 1. The number of hydrogen-bond donors (Lipinski definition) is 1. The van der Waals surface area contributed by atoms with Crippen LogP contribution in [0.15, 0.2) is 29.2 Å². The number of hydrogen-bond acceptors (Lipinski definition) is 4. The molecule has 0 spiro atoms. The van der Waals surface area contributed by atoms with Gasteiger partial charge >= 0.3 is 0 Å². The van der Waals surface area contributed by atoms with Crippen LogP contribution < -0.4 is 5.73 Å². The van der Waals surface area contributed by atoms with E-state index in [2.05, 4.69) is 0 Å². The summed E-state index contributed by atoms with van der Waals surface area (Å²) in [6.45, 7) is 0.288. The van der Waals surface area contributed by atoms with Gasteiger partial charge in [0.05, 0.1) is 16.5 Å². The number of piperidine rings is 1. The number of carbonyl (C=O) groups excluding carboxylic acids is 1. The quantitative estimate of drug-likeness (QED) is 0.880. The van der Waals surface area contributed by atoms with Crippen LogP contribution in [0.4, 0.5) is 0 Å². The molecule has 7 heteroatoms. The molecule has 0 aliphatic carbocycles. The molecule has 1 aromatic carbocycles. The smallest absolute Gasteiger partial charge is 0.243 e. The normalized spacial score (nSPS) is 20.2. The summed E-state index contributed by atoms with van der Waals surface area (Å²) in [5.41, 5.74) is 5.67. The molecule has 1 heterocycles. The van der Waals surface area contributed by atoms with Gasteiger partial charge in [-0.2, -0.15) is 9.57 Å². The molecule has 106 valence electrons. The Balaban J connectivity index is 2.37. The molecule has 1 aliphatic heterocycles. The average molecular weight is 293 g/mol. The van der Waals surface area contributed by atoms with Crippen LogP contribution >= 0.6 is 0 Å². The van der Waals surface area contributed by atoms with Crippen LogP contribution in [-0.2, 0) is 14.8 Å². The van der Waals surface area contributed by atoms with Crippen molar-refractivity contribution in [2.24, 2.45) is 5.73 Å².